The highest BCUT2D eigenvalue weighted by molar-refractivity contribution is 7.92. The Morgan fingerprint density at radius 3 is 2.63 bits per heavy atom. The molecule has 4 aromatic rings. The summed E-state index contributed by atoms with van der Waals surface area (Å²) in [6, 6.07) is 9.86. The van der Waals surface area contributed by atoms with Crippen LogP contribution in [0.3, 0.4) is 0 Å². The topological polar surface area (TPSA) is 112 Å². The molecule has 1 aliphatic rings. The van der Waals surface area contributed by atoms with Crippen molar-refractivity contribution in [3.05, 3.63) is 60.3 Å². The van der Waals surface area contributed by atoms with Gasteiger partial charge in [0.2, 0.25) is 11.8 Å². The Labute approximate surface area is 219 Å². The van der Waals surface area contributed by atoms with Gasteiger partial charge >= 0.3 is 0 Å². The highest BCUT2D eigenvalue weighted by Gasteiger charge is 2.24. The molecule has 2 aromatic carbocycles. The van der Waals surface area contributed by atoms with E-state index in [9.17, 15) is 17.2 Å². The third-order valence-electron chi connectivity index (χ3n) is 6.76. The largest absolute Gasteiger partial charge is 0.476 e. The van der Waals surface area contributed by atoms with E-state index in [4.69, 9.17) is 10.5 Å². The maximum atomic E-state index is 14.3. The van der Waals surface area contributed by atoms with Crippen molar-refractivity contribution in [2.75, 3.05) is 17.1 Å². The molecule has 1 fully saturated rings. The number of hydrogen-bond donors (Lipinski definition) is 2. The predicted octanol–water partition coefficient (Wildman–Crippen LogP) is 6.05. The van der Waals surface area contributed by atoms with Gasteiger partial charge in [0.1, 0.15) is 22.2 Å². The van der Waals surface area contributed by atoms with Crippen molar-refractivity contribution in [1.82, 2.24) is 14.5 Å². The summed E-state index contributed by atoms with van der Waals surface area (Å²) in [5.41, 5.74) is 9.37. The molecule has 3 N–H and O–H groups in total. The van der Waals surface area contributed by atoms with Crippen LogP contribution in [0.2, 0.25) is 0 Å². The molecule has 11 heteroatoms. The number of benzene rings is 2. The van der Waals surface area contributed by atoms with Gasteiger partial charge in [0.15, 0.2) is 0 Å². The molecule has 8 nitrogen and oxygen atoms in total. The van der Waals surface area contributed by atoms with Gasteiger partial charge in [-0.2, -0.15) is 0 Å². The maximum absolute atomic E-state index is 14.3. The average molecular weight is 542 g/mol. The average Bonchev–Trinajstić information content (AvgIpc) is 3.51. The standard InChI is InChI=1S/C27H29F2N5O3S/c1-2-3-12-37-26-23(33-38(35,36)25-11-9-19(28)15-21(25)29)13-18(16-31-26)17-8-10-22-24(14-17)34(27(30)32-22)20-6-4-5-7-20/h8-11,13-16,20,33H,2-7,12H2,1H3,(H2,30,32). The van der Waals surface area contributed by atoms with Crippen LogP contribution in [0.15, 0.2) is 53.6 Å². The first-order valence-corrected chi connectivity index (χ1v) is 14.1. The second-order valence-corrected chi connectivity index (χ2v) is 11.1. The minimum atomic E-state index is -4.40. The van der Waals surface area contributed by atoms with Crippen LogP contribution in [-0.4, -0.2) is 29.6 Å². The first kappa shape index (κ1) is 25.9. The quantitative estimate of drug-likeness (QED) is 0.249. The highest BCUT2D eigenvalue weighted by Crippen LogP contribution is 2.37. The molecule has 2 heterocycles. The summed E-state index contributed by atoms with van der Waals surface area (Å²) in [5.74, 6) is -1.54. The lowest BCUT2D eigenvalue weighted by Gasteiger charge is -2.16. The van der Waals surface area contributed by atoms with Crippen molar-refractivity contribution in [3.63, 3.8) is 0 Å². The van der Waals surface area contributed by atoms with Crippen LogP contribution < -0.4 is 15.2 Å². The van der Waals surface area contributed by atoms with Crippen molar-refractivity contribution in [3.8, 4) is 17.0 Å². The number of nitrogens with two attached hydrogens (primary N) is 1. The van der Waals surface area contributed by atoms with Gasteiger partial charge in [-0.3, -0.25) is 4.72 Å². The summed E-state index contributed by atoms with van der Waals surface area (Å²) >= 11 is 0. The monoisotopic (exact) mass is 541 g/mol. The number of fused-ring (bicyclic) bond motifs is 1. The molecule has 0 radical (unpaired) electrons. The van der Waals surface area contributed by atoms with E-state index in [2.05, 4.69) is 19.3 Å². The molecule has 0 aliphatic heterocycles. The van der Waals surface area contributed by atoms with E-state index in [0.717, 1.165) is 67.3 Å². The lowest BCUT2D eigenvalue weighted by molar-refractivity contribution is 0.299. The van der Waals surface area contributed by atoms with Gasteiger partial charge in [0.25, 0.3) is 10.0 Å². The summed E-state index contributed by atoms with van der Waals surface area (Å²) in [5, 5.41) is 0. The fourth-order valence-electron chi connectivity index (χ4n) is 4.84. The zero-order chi connectivity index (χ0) is 26.9. The third-order valence-corrected chi connectivity index (χ3v) is 8.15. The molecule has 38 heavy (non-hydrogen) atoms. The summed E-state index contributed by atoms with van der Waals surface area (Å²) in [6.45, 7) is 2.33. The number of imidazole rings is 1. The Morgan fingerprint density at radius 2 is 1.89 bits per heavy atom. The fourth-order valence-corrected chi connectivity index (χ4v) is 5.95. The molecule has 0 atom stereocenters. The molecule has 200 valence electrons. The van der Waals surface area contributed by atoms with Gasteiger partial charge in [-0.25, -0.2) is 27.2 Å². The smallest absolute Gasteiger partial charge is 0.264 e. The number of pyridine rings is 1. The first-order chi connectivity index (χ1) is 18.3. The molecule has 0 bridgehead atoms. The molecule has 0 amide bonds. The van der Waals surface area contributed by atoms with Crippen molar-refractivity contribution >= 4 is 32.7 Å². The van der Waals surface area contributed by atoms with Crippen molar-refractivity contribution in [2.45, 2.75) is 56.4 Å². The molecule has 0 unspecified atom stereocenters. The Hall–Kier alpha value is -3.73. The number of ether oxygens (including phenoxy) is 1. The molecule has 1 aliphatic carbocycles. The van der Waals surface area contributed by atoms with Crippen LogP contribution in [0.5, 0.6) is 5.88 Å². The molecule has 0 saturated heterocycles. The summed E-state index contributed by atoms with van der Waals surface area (Å²) in [4.78, 5) is 8.21. The zero-order valence-corrected chi connectivity index (χ0v) is 21.8. The number of nitrogen functional groups attached to an aromatic ring is 1. The van der Waals surface area contributed by atoms with Gasteiger partial charge in [0.05, 0.1) is 17.6 Å². The zero-order valence-electron chi connectivity index (χ0n) is 21.0. The molecular formula is C27H29F2N5O3S. The SMILES string of the molecule is CCCCOc1ncc(-c2ccc3nc(N)n(C4CCCC4)c3c2)cc1NS(=O)(=O)c1ccc(F)cc1F. The van der Waals surface area contributed by atoms with Crippen LogP contribution in [0.1, 0.15) is 51.5 Å². The van der Waals surface area contributed by atoms with E-state index >= 15 is 0 Å². The number of hydrogen-bond acceptors (Lipinski definition) is 6. The number of nitrogens with one attached hydrogen (secondary N) is 1. The Morgan fingerprint density at radius 1 is 1.11 bits per heavy atom. The predicted molar refractivity (Wildman–Crippen MR) is 142 cm³/mol. The number of unbranched alkanes of at least 4 members (excludes halogenated alkanes) is 1. The molecular weight excluding hydrogens is 512 g/mol. The van der Waals surface area contributed by atoms with Gasteiger partial charge in [-0.1, -0.05) is 32.3 Å². The van der Waals surface area contributed by atoms with Crippen LogP contribution in [0, 0.1) is 11.6 Å². The molecule has 1 saturated carbocycles. The maximum Gasteiger partial charge on any atom is 0.264 e. The minimum absolute atomic E-state index is 0.0474. The number of anilines is 2. The number of aromatic nitrogens is 3. The van der Waals surface area contributed by atoms with E-state index in [-0.39, 0.29) is 17.6 Å². The Balaban J connectivity index is 1.55. The van der Waals surface area contributed by atoms with Gasteiger partial charge < -0.3 is 15.0 Å². The summed E-state index contributed by atoms with van der Waals surface area (Å²) in [6.07, 6.45) is 7.58. The van der Waals surface area contributed by atoms with Crippen molar-refractivity contribution < 1.29 is 21.9 Å². The molecule has 5 rings (SSSR count). The lowest BCUT2D eigenvalue weighted by Crippen LogP contribution is -2.16. The van der Waals surface area contributed by atoms with E-state index in [1.54, 1.807) is 12.3 Å². The molecule has 2 aromatic heterocycles. The van der Waals surface area contributed by atoms with Gasteiger partial charge in [-0.15, -0.1) is 0 Å². The number of rotatable bonds is 9. The fraction of sp³-hybridized carbons (Fsp3) is 0.333. The molecule has 0 spiro atoms. The van der Waals surface area contributed by atoms with Gasteiger partial charge in [0, 0.05) is 23.9 Å². The number of halogens is 2. The van der Waals surface area contributed by atoms with E-state index in [1.165, 1.54) is 0 Å². The van der Waals surface area contributed by atoms with E-state index < -0.39 is 26.6 Å². The number of nitrogens with zero attached hydrogens (tertiary/aromatic N) is 3. The van der Waals surface area contributed by atoms with Crippen molar-refractivity contribution in [1.29, 1.82) is 0 Å². The van der Waals surface area contributed by atoms with Crippen LogP contribution in [0.25, 0.3) is 22.2 Å². The normalized spacial score (nSPS) is 14.3. The van der Waals surface area contributed by atoms with E-state index in [1.807, 2.05) is 25.1 Å². The third kappa shape index (κ3) is 5.15. The van der Waals surface area contributed by atoms with Gasteiger partial charge in [-0.05, 0) is 55.2 Å². The minimum Gasteiger partial charge on any atom is -0.476 e. The second-order valence-electron chi connectivity index (χ2n) is 9.44. The number of sulfonamides is 1. The highest BCUT2D eigenvalue weighted by atomic mass is 32.2. The summed E-state index contributed by atoms with van der Waals surface area (Å²) < 4.78 is 64.0. The van der Waals surface area contributed by atoms with Crippen LogP contribution >= 0.6 is 0 Å². The Bertz CT molecular complexity index is 1580. The van der Waals surface area contributed by atoms with Crippen LogP contribution in [0.4, 0.5) is 20.4 Å². The van der Waals surface area contributed by atoms with Crippen molar-refractivity contribution in [2.24, 2.45) is 0 Å². The first-order valence-electron chi connectivity index (χ1n) is 12.7. The Kier molecular flexibility index (Phi) is 7.20. The lowest BCUT2D eigenvalue weighted by atomic mass is 10.1. The van der Waals surface area contributed by atoms with Crippen LogP contribution in [-0.2, 0) is 10.0 Å². The van der Waals surface area contributed by atoms with E-state index in [0.29, 0.717) is 24.2 Å². The second kappa shape index (κ2) is 10.6. The summed E-state index contributed by atoms with van der Waals surface area (Å²) in [7, 11) is -4.40.